The molecule has 1 aromatic rings. The molecular weight excluding hydrogens is 192 g/mol. The first-order valence-corrected chi connectivity index (χ1v) is 3.75. The van der Waals surface area contributed by atoms with Crippen LogP contribution in [0.1, 0.15) is 5.56 Å². The second-order valence-electron chi connectivity index (χ2n) is 2.02. The van der Waals surface area contributed by atoms with Gasteiger partial charge in [-0.1, -0.05) is 6.07 Å². The van der Waals surface area contributed by atoms with Crippen LogP contribution in [-0.2, 0) is 0 Å². The number of ether oxygens (including phenoxy) is 1. The van der Waals surface area contributed by atoms with Gasteiger partial charge in [0.05, 0.1) is 11.6 Å². The van der Waals surface area contributed by atoms with Crippen molar-refractivity contribution in [3.05, 3.63) is 28.2 Å². The fourth-order valence-corrected chi connectivity index (χ4v) is 1.10. The third kappa shape index (κ3) is 1.32. The number of hydrogen-bond donors (Lipinski definition) is 0. The van der Waals surface area contributed by atoms with Crippen molar-refractivity contribution in [3.63, 3.8) is 0 Å². The molecule has 0 atom stereocenters. The van der Waals surface area contributed by atoms with Crippen molar-refractivity contribution in [1.29, 1.82) is 0 Å². The predicted octanol–water partition coefficient (Wildman–Crippen LogP) is 2.57. The first-order chi connectivity index (χ1) is 4.75. The first kappa shape index (κ1) is 7.61. The standard InChI is InChI=1S/C8H8BrO/c1-6-4-3-5-7(10-2)8(6)9/h4-5H,1-2H3. The highest BCUT2D eigenvalue weighted by molar-refractivity contribution is 9.10. The van der Waals surface area contributed by atoms with Crippen LogP contribution in [0, 0.1) is 13.0 Å². The zero-order chi connectivity index (χ0) is 7.56. The third-order valence-corrected chi connectivity index (χ3v) is 2.31. The second-order valence-corrected chi connectivity index (χ2v) is 2.81. The summed E-state index contributed by atoms with van der Waals surface area (Å²) in [5.74, 6) is 0.833. The van der Waals surface area contributed by atoms with Gasteiger partial charge in [-0.25, -0.2) is 0 Å². The molecule has 1 aromatic carbocycles. The van der Waals surface area contributed by atoms with E-state index in [0.717, 1.165) is 15.8 Å². The third-order valence-electron chi connectivity index (χ3n) is 1.30. The summed E-state index contributed by atoms with van der Waals surface area (Å²) in [6.07, 6.45) is 0. The van der Waals surface area contributed by atoms with Gasteiger partial charge in [0, 0.05) is 0 Å². The van der Waals surface area contributed by atoms with Crippen molar-refractivity contribution in [2.45, 2.75) is 6.92 Å². The number of aryl methyl sites for hydroxylation is 1. The monoisotopic (exact) mass is 199 g/mol. The van der Waals surface area contributed by atoms with E-state index >= 15 is 0 Å². The van der Waals surface area contributed by atoms with Gasteiger partial charge in [0.2, 0.25) is 0 Å². The normalized spacial score (nSPS) is 9.50. The van der Waals surface area contributed by atoms with Gasteiger partial charge in [-0.15, -0.1) is 0 Å². The quantitative estimate of drug-likeness (QED) is 0.676. The van der Waals surface area contributed by atoms with Crippen LogP contribution in [-0.4, -0.2) is 7.11 Å². The minimum atomic E-state index is 0.833. The summed E-state index contributed by atoms with van der Waals surface area (Å²) in [5.41, 5.74) is 1.14. The highest BCUT2D eigenvalue weighted by Crippen LogP contribution is 2.26. The van der Waals surface area contributed by atoms with Crippen molar-refractivity contribution < 1.29 is 4.74 Å². The van der Waals surface area contributed by atoms with E-state index in [4.69, 9.17) is 4.74 Å². The highest BCUT2D eigenvalue weighted by atomic mass is 79.9. The molecule has 1 nitrogen and oxygen atoms in total. The van der Waals surface area contributed by atoms with Crippen LogP contribution >= 0.6 is 15.9 Å². The lowest BCUT2D eigenvalue weighted by atomic mass is 10.2. The fourth-order valence-electron chi connectivity index (χ4n) is 0.712. The summed E-state index contributed by atoms with van der Waals surface area (Å²) in [7, 11) is 1.65. The van der Waals surface area contributed by atoms with Crippen LogP contribution in [0.4, 0.5) is 0 Å². The molecule has 0 aliphatic heterocycles. The Labute approximate surface area is 69.1 Å². The Balaban J connectivity index is 3.14. The van der Waals surface area contributed by atoms with Crippen LogP contribution in [0.25, 0.3) is 0 Å². The number of halogens is 1. The van der Waals surface area contributed by atoms with Gasteiger partial charge in [0.15, 0.2) is 0 Å². The topological polar surface area (TPSA) is 9.23 Å². The molecule has 0 amide bonds. The van der Waals surface area contributed by atoms with E-state index in [1.54, 1.807) is 13.2 Å². The largest absolute Gasteiger partial charge is 0.496 e. The number of methoxy groups -OCH3 is 1. The second kappa shape index (κ2) is 3.06. The Morgan fingerprint density at radius 1 is 1.50 bits per heavy atom. The Bertz CT molecular complexity index is 233. The van der Waals surface area contributed by atoms with Crippen LogP contribution in [0.15, 0.2) is 16.6 Å². The molecule has 0 bridgehead atoms. The van der Waals surface area contributed by atoms with E-state index in [2.05, 4.69) is 22.0 Å². The minimum Gasteiger partial charge on any atom is -0.496 e. The van der Waals surface area contributed by atoms with Gasteiger partial charge in [0.25, 0.3) is 0 Å². The summed E-state index contributed by atoms with van der Waals surface area (Å²) >= 11 is 3.40. The Kier molecular flexibility index (Phi) is 2.33. The van der Waals surface area contributed by atoms with Crippen molar-refractivity contribution >= 4 is 15.9 Å². The van der Waals surface area contributed by atoms with Crippen LogP contribution in [0.5, 0.6) is 5.75 Å². The van der Waals surface area contributed by atoms with Gasteiger partial charge in [-0.05, 0) is 40.5 Å². The maximum absolute atomic E-state index is 5.05. The van der Waals surface area contributed by atoms with Crippen molar-refractivity contribution in [1.82, 2.24) is 0 Å². The smallest absolute Gasteiger partial charge is 0.133 e. The minimum absolute atomic E-state index is 0.833. The molecule has 1 radical (unpaired) electrons. The summed E-state index contributed by atoms with van der Waals surface area (Å²) < 4.78 is 6.06. The van der Waals surface area contributed by atoms with E-state index < -0.39 is 0 Å². The van der Waals surface area contributed by atoms with Crippen molar-refractivity contribution in [2.24, 2.45) is 0 Å². The van der Waals surface area contributed by atoms with Crippen LogP contribution in [0.3, 0.4) is 0 Å². The average Bonchev–Trinajstić information content (AvgIpc) is 1.95. The zero-order valence-corrected chi connectivity index (χ0v) is 7.53. The molecule has 2 heteroatoms. The molecule has 0 N–H and O–H groups in total. The number of hydrogen-bond acceptors (Lipinski definition) is 1. The Hall–Kier alpha value is -0.500. The predicted molar refractivity (Wildman–Crippen MR) is 44.3 cm³/mol. The van der Waals surface area contributed by atoms with E-state index in [0.29, 0.717) is 0 Å². The Morgan fingerprint density at radius 2 is 2.20 bits per heavy atom. The highest BCUT2D eigenvalue weighted by Gasteiger charge is 1.99. The van der Waals surface area contributed by atoms with Gasteiger partial charge >= 0.3 is 0 Å². The van der Waals surface area contributed by atoms with Crippen LogP contribution < -0.4 is 4.74 Å². The number of rotatable bonds is 1. The molecule has 53 valence electrons. The van der Waals surface area contributed by atoms with Gasteiger partial charge < -0.3 is 4.74 Å². The molecule has 0 fully saturated rings. The van der Waals surface area contributed by atoms with Crippen molar-refractivity contribution in [2.75, 3.05) is 7.11 Å². The summed E-state index contributed by atoms with van der Waals surface area (Å²) in [6, 6.07) is 6.68. The lowest BCUT2D eigenvalue weighted by molar-refractivity contribution is 0.411. The summed E-state index contributed by atoms with van der Waals surface area (Å²) in [6.45, 7) is 2.00. The lowest BCUT2D eigenvalue weighted by Gasteiger charge is -2.03. The molecule has 10 heavy (non-hydrogen) atoms. The maximum Gasteiger partial charge on any atom is 0.133 e. The van der Waals surface area contributed by atoms with Gasteiger partial charge in [0.1, 0.15) is 5.75 Å². The molecule has 0 spiro atoms. The molecule has 1 rings (SSSR count). The average molecular weight is 200 g/mol. The molecule has 0 saturated heterocycles. The lowest BCUT2D eigenvalue weighted by Crippen LogP contribution is -1.85. The summed E-state index contributed by atoms with van der Waals surface area (Å²) in [5, 5.41) is 0. The molecule has 0 aromatic heterocycles. The Morgan fingerprint density at radius 3 is 2.70 bits per heavy atom. The van der Waals surface area contributed by atoms with E-state index in [-0.39, 0.29) is 0 Å². The summed E-state index contributed by atoms with van der Waals surface area (Å²) in [4.78, 5) is 0. The SMILES string of the molecule is COc1c[c]cc(C)c1Br. The van der Waals surface area contributed by atoms with E-state index in [9.17, 15) is 0 Å². The zero-order valence-electron chi connectivity index (χ0n) is 5.94. The first-order valence-electron chi connectivity index (χ1n) is 2.96. The van der Waals surface area contributed by atoms with Crippen LogP contribution in [0.2, 0.25) is 0 Å². The molecule has 0 aliphatic carbocycles. The maximum atomic E-state index is 5.05. The van der Waals surface area contributed by atoms with Gasteiger partial charge in [-0.2, -0.15) is 0 Å². The fraction of sp³-hybridized carbons (Fsp3) is 0.250. The molecule has 0 aliphatic rings. The van der Waals surface area contributed by atoms with Gasteiger partial charge in [-0.3, -0.25) is 0 Å². The number of benzene rings is 1. The molecule has 0 saturated carbocycles. The molecular formula is C8H8BrO. The van der Waals surface area contributed by atoms with E-state index in [1.165, 1.54) is 0 Å². The molecule has 0 unspecified atom stereocenters. The van der Waals surface area contributed by atoms with Crippen molar-refractivity contribution in [3.8, 4) is 5.75 Å². The van der Waals surface area contributed by atoms with E-state index in [1.807, 2.05) is 13.0 Å². The molecule has 0 heterocycles.